The van der Waals surface area contributed by atoms with Gasteiger partial charge in [0.1, 0.15) is 11.4 Å². The van der Waals surface area contributed by atoms with Crippen molar-refractivity contribution in [2.75, 3.05) is 7.11 Å². The van der Waals surface area contributed by atoms with Crippen LogP contribution in [0.4, 0.5) is 0 Å². The van der Waals surface area contributed by atoms with Crippen LogP contribution < -0.4 is 21.2 Å². The molecule has 1 aromatic carbocycles. The second kappa shape index (κ2) is 6.39. The van der Waals surface area contributed by atoms with Crippen molar-refractivity contribution in [1.82, 2.24) is 26.5 Å². The van der Waals surface area contributed by atoms with E-state index in [1.165, 1.54) is 24.1 Å². The van der Waals surface area contributed by atoms with Crippen molar-refractivity contribution in [3.63, 3.8) is 0 Å². The van der Waals surface area contributed by atoms with E-state index < -0.39 is 0 Å². The molecule has 1 aliphatic heterocycles. The number of hydrazone groups is 1. The summed E-state index contributed by atoms with van der Waals surface area (Å²) in [4.78, 5) is 8.43. The summed E-state index contributed by atoms with van der Waals surface area (Å²) in [7, 11) is 1.64. The van der Waals surface area contributed by atoms with Crippen LogP contribution in [0.15, 0.2) is 35.4 Å². The monoisotopic (exact) mass is 396 g/mol. The van der Waals surface area contributed by atoms with E-state index in [2.05, 4.69) is 33.5 Å². The number of rotatable bonds is 5. The molecule has 1 saturated carbocycles. The highest BCUT2D eigenvalue weighted by Gasteiger charge is 2.42. The van der Waals surface area contributed by atoms with Crippen LogP contribution in [0.2, 0.25) is 5.02 Å². The van der Waals surface area contributed by atoms with Gasteiger partial charge in [-0.25, -0.2) is 10.5 Å². The van der Waals surface area contributed by atoms with Crippen LogP contribution in [0.25, 0.3) is 10.9 Å². The minimum Gasteiger partial charge on any atom is -0.495 e. The van der Waals surface area contributed by atoms with Crippen LogP contribution in [0, 0.1) is 0 Å². The Balaban J connectivity index is 1.60. The molecule has 0 amide bonds. The van der Waals surface area contributed by atoms with E-state index in [9.17, 15) is 0 Å². The third-order valence-electron chi connectivity index (χ3n) is 5.59. The molecule has 144 valence electrons. The van der Waals surface area contributed by atoms with Gasteiger partial charge in [0.25, 0.3) is 0 Å². The molecule has 1 aliphatic carbocycles. The second-order valence-electron chi connectivity index (χ2n) is 7.58. The predicted octanol–water partition coefficient (Wildman–Crippen LogP) is 3.14. The van der Waals surface area contributed by atoms with Gasteiger partial charge < -0.3 is 9.72 Å². The highest BCUT2D eigenvalue weighted by atomic mass is 35.5. The minimum atomic E-state index is 0.191. The largest absolute Gasteiger partial charge is 0.495 e. The Morgan fingerprint density at radius 2 is 2.11 bits per heavy atom. The number of hydrazine groups is 2. The number of pyridine rings is 1. The van der Waals surface area contributed by atoms with Crippen LogP contribution in [-0.4, -0.2) is 22.9 Å². The van der Waals surface area contributed by atoms with Gasteiger partial charge in [-0.1, -0.05) is 24.6 Å². The van der Waals surface area contributed by atoms with Crippen molar-refractivity contribution in [2.45, 2.75) is 31.6 Å². The Morgan fingerprint density at radius 1 is 1.25 bits per heavy atom. The lowest BCUT2D eigenvalue weighted by atomic mass is 9.96. The molecule has 1 fully saturated rings. The first-order valence-corrected chi connectivity index (χ1v) is 9.64. The van der Waals surface area contributed by atoms with Gasteiger partial charge in [-0.3, -0.25) is 5.43 Å². The number of methoxy groups -OCH3 is 1. The summed E-state index contributed by atoms with van der Waals surface area (Å²) in [6, 6.07) is 9.96. The molecule has 0 saturated heterocycles. The molecule has 2 aliphatic rings. The summed E-state index contributed by atoms with van der Waals surface area (Å²) in [6.45, 7) is 2.30. The van der Waals surface area contributed by atoms with Gasteiger partial charge in [-0.05, 0) is 36.6 Å². The van der Waals surface area contributed by atoms with E-state index >= 15 is 0 Å². The van der Waals surface area contributed by atoms with Gasteiger partial charge in [-0.15, -0.1) is 10.6 Å². The lowest BCUT2D eigenvalue weighted by Crippen LogP contribution is -2.35. The highest BCUT2D eigenvalue weighted by molar-refractivity contribution is 6.32. The number of nitrogens with zero attached hydrogens (tertiary/aromatic N) is 2. The molecule has 0 unspecified atom stereocenters. The van der Waals surface area contributed by atoms with Crippen LogP contribution >= 0.6 is 11.6 Å². The Morgan fingerprint density at radius 3 is 2.82 bits per heavy atom. The van der Waals surface area contributed by atoms with Gasteiger partial charge in [-0.2, -0.15) is 0 Å². The van der Waals surface area contributed by atoms with Gasteiger partial charge >= 0.3 is 0 Å². The van der Waals surface area contributed by atoms with Crippen molar-refractivity contribution in [3.8, 4) is 5.75 Å². The standard InChI is InChI=1S/C20H21ClN6O/c1-20(6-7-20)18-13(12-9-14(21)17(28-2)10-16(12)23-18)8-11-4-3-5-15(22-11)19-24-26-27-25-19/h3-5,9-10,23,26-27H,6-8H2,1-2H3,(H,24,25). The zero-order valence-corrected chi connectivity index (χ0v) is 16.4. The Bertz CT molecular complexity index is 1100. The molecule has 0 bridgehead atoms. The van der Waals surface area contributed by atoms with E-state index in [0.717, 1.165) is 28.7 Å². The average Bonchev–Trinajstić information content (AvgIpc) is 3.10. The normalized spacial score (nSPS) is 17.2. The summed E-state index contributed by atoms with van der Waals surface area (Å²) < 4.78 is 5.40. The molecule has 0 radical (unpaired) electrons. The molecular weight excluding hydrogens is 376 g/mol. The molecule has 2 aromatic heterocycles. The number of ether oxygens (including phenoxy) is 1. The Hall–Kier alpha value is -2.77. The molecule has 5 rings (SSSR count). The summed E-state index contributed by atoms with van der Waals surface area (Å²) >= 11 is 6.44. The Kier molecular flexibility index (Phi) is 3.96. The van der Waals surface area contributed by atoms with Gasteiger partial charge in [0.05, 0.1) is 12.1 Å². The molecule has 3 heterocycles. The number of aromatic nitrogens is 2. The van der Waals surface area contributed by atoms with E-state index in [4.69, 9.17) is 21.3 Å². The van der Waals surface area contributed by atoms with Crippen molar-refractivity contribution in [3.05, 3.63) is 58.0 Å². The number of fused-ring (bicyclic) bond motifs is 1. The zero-order valence-electron chi connectivity index (χ0n) is 15.7. The van der Waals surface area contributed by atoms with Crippen molar-refractivity contribution in [1.29, 1.82) is 0 Å². The number of hydrogen-bond donors (Lipinski definition) is 4. The second-order valence-corrected chi connectivity index (χ2v) is 7.99. The Labute approximate surface area is 167 Å². The number of hydrogen-bond acceptors (Lipinski definition) is 6. The first-order chi connectivity index (χ1) is 13.6. The quantitative estimate of drug-likeness (QED) is 0.532. The van der Waals surface area contributed by atoms with E-state index in [-0.39, 0.29) is 5.41 Å². The highest BCUT2D eigenvalue weighted by Crippen LogP contribution is 2.50. The van der Waals surface area contributed by atoms with Crippen LogP contribution in [0.3, 0.4) is 0 Å². The number of nitrogens with one attached hydrogen (secondary N) is 4. The fourth-order valence-corrected chi connectivity index (χ4v) is 4.00. The van der Waals surface area contributed by atoms with Gasteiger partial charge in [0.15, 0.2) is 5.84 Å². The summed E-state index contributed by atoms with van der Waals surface area (Å²) in [5, 5.41) is 5.88. The SMILES string of the molecule is COc1cc2[nH]c(C3(C)CC3)c(Cc3cccc(C4=NNNN4)n3)c2cc1Cl. The van der Waals surface area contributed by atoms with Gasteiger partial charge in [0, 0.05) is 40.2 Å². The first kappa shape index (κ1) is 17.3. The molecule has 4 N–H and O–H groups in total. The summed E-state index contributed by atoms with van der Waals surface area (Å²) in [5.74, 6) is 1.35. The fraction of sp³-hybridized carbons (Fsp3) is 0.300. The topological polar surface area (TPSA) is 86.4 Å². The van der Waals surface area contributed by atoms with E-state index in [1.807, 2.05) is 30.3 Å². The molecule has 0 atom stereocenters. The number of H-pyrrole nitrogens is 1. The van der Waals surface area contributed by atoms with Crippen molar-refractivity contribution in [2.24, 2.45) is 5.10 Å². The average molecular weight is 397 g/mol. The van der Waals surface area contributed by atoms with Gasteiger partial charge in [0.2, 0.25) is 0 Å². The smallest absolute Gasteiger partial charge is 0.189 e. The lowest BCUT2D eigenvalue weighted by molar-refractivity contribution is 0.415. The minimum absolute atomic E-state index is 0.191. The number of halogens is 1. The van der Waals surface area contributed by atoms with Crippen molar-refractivity contribution < 1.29 is 4.74 Å². The molecule has 0 spiro atoms. The van der Waals surface area contributed by atoms with Crippen LogP contribution in [0.5, 0.6) is 5.75 Å². The molecule has 3 aromatic rings. The van der Waals surface area contributed by atoms with E-state index in [0.29, 0.717) is 16.6 Å². The number of aromatic amines is 1. The summed E-state index contributed by atoms with van der Waals surface area (Å²) in [6.07, 6.45) is 3.09. The first-order valence-electron chi connectivity index (χ1n) is 9.26. The summed E-state index contributed by atoms with van der Waals surface area (Å²) in [5.41, 5.74) is 13.9. The maximum atomic E-state index is 6.44. The lowest BCUT2D eigenvalue weighted by Gasteiger charge is -2.11. The molecule has 28 heavy (non-hydrogen) atoms. The third kappa shape index (κ3) is 2.87. The molecule has 8 heteroatoms. The number of amidine groups is 1. The molecule has 7 nitrogen and oxygen atoms in total. The van der Waals surface area contributed by atoms with Crippen LogP contribution in [-0.2, 0) is 11.8 Å². The zero-order chi connectivity index (χ0) is 19.3. The van der Waals surface area contributed by atoms with E-state index in [1.54, 1.807) is 7.11 Å². The van der Waals surface area contributed by atoms with Crippen LogP contribution in [0.1, 0.15) is 42.4 Å². The molecular formula is C20H21ClN6O. The third-order valence-corrected chi connectivity index (χ3v) is 5.89. The maximum absolute atomic E-state index is 6.44. The fourth-order valence-electron chi connectivity index (χ4n) is 3.76. The predicted molar refractivity (Wildman–Crippen MR) is 109 cm³/mol. The number of benzene rings is 1. The van der Waals surface area contributed by atoms with Crippen molar-refractivity contribution >= 4 is 28.3 Å². The maximum Gasteiger partial charge on any atom is 0.189 e.